The molecule has 1 aliphatic carbocycles. The van der Waals surface area contributed by atoms with Gasteiger partial charge in [0, 0.05) is 11.1 Å². The van der Waals surface area contributed by atoms with E-state index >= 15 is 0 Å². The molecule has 0 heterocycles. The van der Waals surface area contributed by atoms with Crippen LogP contribution in [0.2, 0.25) is 5.02 Å². The van der Waals surface area contributed by atoms with Gasteiger partial charge >= 0.3 is 0 Å². The van der Waals surface area contributed by atoms with E-state index in [-0.39, 0.29) is 5.02 Å². The van der Waals surface area contributed by atoms with Crippen molar-refractivity contribution >= 4 is 11.6 Å². The SMILES string of the molecule is Cc1cc(C2(N)CCC2)c(F)c(O)c1Cl. The van der Waals surface area contributed by atoms with Gasteiger partial charge in [0.05, 0.1) is 5.02 Å². The zero-order valence-electron chi connectivity index (χ0n) is 8.48. The summed E-state index contributed by atoms with van der Waals surface area (Å²) in [4.78, 5) is 0. The average Bonchev–Trinajstić information content (AvgIpc) is 2.17. The summed E-state index contributed by atoms with van der Waals surface area (Å²) in [6.45, 7) is 1.73. The summed E-state index contributed by atoms with van der Waals surface area (Å²) in [5.41, 5.74) is 6.44. The largest absolute Gasteiger partial charge is 0.504 e. The molecule has 0 atom stereocenters. The molecular formula is C11H13ClFNO. The molecule has 4 heteroatoms. The van der Waals surface area contributed by atoms with Crippen LogP contribution < -0.4 is 5.73 Å². The fourth-order valence-electron chi connectivity index (χ4n) is 1.94. The predicted octanol–water partition coefficient (Wildman–Crippen LogP) is 2.83. The van der Waals surface area contributed by atoms with Gasteiger partial charge in [0.25, 0.3) is 0 Å². The van der Waals surface area contributed by atoms with Gasteiger partial charge in [-0.25, -0.2) is 4.39 Å². The molecule has 15 heavy (non-hydrogen) atoms. The minimum absolute atomic E-state index is 0.0687. The second-order valence-corrected chi connectivity index (χ2v) is 4.61. The summed E-state index contributed by atoms with van der Waals surface area (Å²) in [6.07, 6.45) is 2.51. The number of rotatable bonds is 1. The molecule has 2 rings (SSSR count). The summed E-state index contributed by atoms with van der Waals surface area (Å²) in [6, 6.07) is 1.64. The summed E-state index contributed by atoms with van der Waals surface area (Å²) >= 11 is 5.74. The Kier molecular flexibility index (Phi) is 2.40. The molecule has 1 fully saturated rings. The molecule has 2 nitrogen and oxygen atoms in total. The molecule has 0 radical (unpaired) electrons. The maximum absolute atomic E-state index is 13.7. The van der Waals surface area contributed by atoms with E-state index in [9.17, 15) is 9.50 Å². The third-order valence-electron chi connectivity index (χ3n) is 3.14. The Hall–Kier alpha value is -0.800. The molecule has 1 saturated carbocycles. The van der Waals surface area contributed by atoms with E-state index in [0.29, 0.717) is 11.1 Å². The summed E-state index contributed by atoms with van der Waals surface area (Å²) in [5.74, 6) is -1.16. The van der Waals surface area contributed by atoms with Crippen LogP contribution in [0.5, 0.6) is 5.75 Å². The van der Waals surface area contributed by atoms with Crippen molar-refractivity contribution in [3.8, 4) is 5.75 Å². The van der Waals surface area contributed by atoms with Crippen LogP contribution in [0.4, 0.5) is 4.39 Å². The quantitative estimate of drug-likeness (QED) is 0.778. The molecular weight excluding hydrogens is 217 g/mol. The van der Waals surface area contributed by atoms with E-state index < -0.39 is 17.1 Å². The van der Waals surface area contributed by atoms with Gasteiger partial charge in [-0.2, -0.15) is 0 Å². The molecule has 0 aromatic heterocycles. The Labute approximate surface area is 92.9 Å². The van der Waals surface area contributed by atoms with E-state index in [4.69, 9.17) is 17.3 Å². The molecule has 0 aliphatic heterocycles. The predicted molar refractivity (Wildman–Crippen MR) is 57.5 cm³/mol. The first-order valence-corrected chi connectivity index (χ1v) is 5.30. The number of aryl methyl sites for hydroxylation is 1. The normalized spacial score (nSPS) is 18.7. The minimum atomic E-state index is -0.673. The van der Waals surface area contributed by atoms with Crippen molar-refractivity contribution < 1.29 is 9.50 Å². The Bertz CT molecular complexity index is 416. The minimum Gasteiger partial charge on any atom is -0.504 e. The molecule has 0 unspecified atom stereocenters. The lowest BCUT2D eigenvalue weighted by Crippen LogP contribution is -2.44. The van der Waals surface area contributed by atoms with Crippen LogP contribution >= 0.6 is 11.6 Å². The van der Waals surface area contributed by atoms with E-state index in [2.05, 4.69) is 0 Å². The molecule has 0 amide bonds. The van der Waals surface area contributed by atoms with Gasteiger partial charge in [0.15, 0.2) is 11.6 Å². The fraction of sp³-hybridized carbons (Fsp3) is 0.455. The third-order valence-corrected chi connectivity index (χ3v) is 3.62. The molecule has 82 valence electrons. The highest BCUT2D eigenvalue weighted by atomic mass is 35.5. The van der Waals surface area contributed by atoms with Crippen LogP contribution in [0.25, 0.3) is 0 Å². The smallest absolute Gasteiger partial charge is 0.171 e. The van der Waals surface area contributed by atoms with Gasteiger partial charge in [-0.3, -0.25) is 0 Å². The molecule has 0 bridgehead atoms. The standard InChI is InChI=1S/C11H13ClFNO/c1-6-5-7(11(14)3-2-4-11)9(13)10(15)8(6)12/h5,15H,2-4,14H2,1H3. The first-order valence-electron chi connectivity index (χ1n) is 4.92. The molecule has 0 saturated heterocycles. The summed E-state index contributed by atoms with van der Waals surface area (Å²) in [7, 11) is 0. The van der Waals surface area contributed by atoms with Gasteiger partial charge in [0.1, 0.15) is 0 Å². The second-order valence-electron chi connectivity index (χ2n) is 4.23. The third kappa shape index (κ3) is 1.50. The first-order chi connectivity index (χ1) is 6.96. The Morgan fingerprint density at radius 2 is 2.13 bits per heavy atom. The van der Waals surface area contributed by atoms with Crippen LogP contribution in [0.3, 0.4) is 0 Å². The maximum atomic E-state index is 13.7. The summed E-state index contributed by atoms with van der Waals surface area (Å²) in [5, 5.41) is 9.56. The molecule has 1 aromatic rings. The highest BCUT2D eigenvalue weighted by molar-refractivity contribution is 6.32. The van der Waals surface area contributed by atoms with Crippen LogP contribution in [0, 0.1) is 12.7 Å². The number of halogens is 2. The topological polar surface area (TPSA) is 46.2 Å². The Morgan fingerprint density at radius 3 is 2.60 bits per heavy atom. The van der Waals surface area contributed by atoms with Crippen LogP contribution in [-0.4, -0.2) is 5.11 Å². The van der Waals surface area contributed by atoms with Gasteiger partial charge in [0.2, 0.25) is 0 Å². The maximum Gasteiger partial charge on any atom is 0.171 e. The highest BCUT2D eigenvalue weighted by Gasteiger charge is 2.38. The number of hydrogen-bond donors (Lipinski definition) is 2. The molecule has 3 N–H and O–H groups in total. The average molecular weight is 230 g/mol. The fourth-order valence-corrected chi connectivity index (χ4v) is 2.08. The van der Waals surface area contributed by atoms with Gasteiger partial charge in [-0.05, 0) is 37.8 Å². The lowest BCUT2D eigenvalue weighted by molar-refractivity contribution is 0.242. The summed E-state index contributed by atoms with van der Waals surface area (Å²) < 4.78 is 13.7. The van der Waals surface area contributed by atoms with Gasteiger partial charge in [-0.1, -0.05) is 11.6 Å². The lowest BCUT2D eigenvalue weighted by Gasteiger charge is -2.39. The molecule has 1 aromatic carbocycles. The van der Waals surface area contributed by atoms with Crippen molar-refractivity contribution in [2.45, 2.75) is 31.7 Å². The Morgan fingerprint density at radius 1 is 1.53 bits per heavy atom. The highest BCUT2D eigenvalue weighted by Crippen LogP contribution is 2.43. The van der Waals surface area contributed by atoms with Crippen LogP contribution in [0.1, 0.15) is 30.4 Å². The van der Waals surface area contributed by atoms with Crippen molar-refractivity contribution in [2.24, 2.45) is 5.73 Å². The van der Waals surface area contributed by atoms with E-state index in [1.807, 2.05) is 0 Å². The van der Waals surface area contributed by atoms with Crippen molar-refractivity contribution in [1.29, 1.82) is 0 Å². The van der Waals surface area contributed by atoms with Crippen molar-refractivity contribution in [3.63, 3.8) is 0 Å². The molecule has 0 spiro atoms. The lowest BCUT2D eigenvalue weighted by atomic mass is 9.72. The van der Waals surface area contributed by atoms with Crippen molar-refractivity contribution in [1.82, 2.24) is 0 Å². The number of aromatic hydroxyl groups is 1. The second kappa shape index (κ2) is 3.35. The number of nitrogens with two attached hydrogens (primary N) is 1. The van der Waals surface area contributed by atoms with Gasteiger partial charge in [-0.15, -0.1) is 0 Å². The number of benzene rings is 1. The Balaban J connectivity index is 2.58. The van der Waals surface area contributed by atoms with Gasteiger partial charge < -0.3 is 10.8 Å². The van der Waals surface area contributed by atoms with Crippen molar-refractivity contribution in [2.75, 3.05) is 0 Å². The van der Waals surface area contributed by atoms with E-state index in [0.717, 1.165) is 19.3 Å². The number of phenolic OH excluding ortho intramolecular Hbond substituents is 1. The van der Waals surface area contributed by atoms with Crippen molar-refractivity contribution in [3.05, 3.63) is 28.0 Å². The van der Waals surface area contributed by atoms with Crippen LogP contribution in [-0.2, 0) is 5.54 Å². The zero-order valence-corrected chi connectivity index (χ0v) is 9.24. The molecule has 1 aliphatic rings. The van der Waals surface area contributed by atoms with E-state index in [1.54, 1.807) is 13.0 Å². The number of hydrogen-bond acceptors (Lipinski definition) is 2. The van der Waals surface area contributed by atoms with Crippen LogP contribution in [0.15, 0.2) is 6.07 Å². The zero-order chi connectivity index (χ0) is 11.2. The number of phenols is 1. The first kappa shape index (κ1) is 10.7. The van der Waals surface area contributed by atoms with E-state index in [1.165, 1.54) is 0 Å². The monoisotopic (exact) mass is 229 g/mol.